The minimum Gasteiger partial charge on any atom is -0.337 e. The number of pyridine rings is 1. The highest BCUT2D eigenvalue weighted by Gasteiger charge is 2.15. The molecule has 4 rings (SSSR count). The van der Waals surface area contributed by atoms with E-state index in [9.17, 15) is 0 Å². The molecule has 0 aliphatic carbocycles. The summed E-state index contributed by atoms with van der Waals surface area (Å²) in [6, 6.07) is 4.03. The standard InChI is InChI=1S/C20H23N7/c1-15-16(2)27(12-17-4-6-22-7-5-17)20-18(15)19(21)26(14-24-20)10-3-9-25-11-8-23-13-25/h4-8,11,13-14,21H,3,9-10,12H2,1-2H3. The Morgan fingerprint density at radius 3 is 2.56 bits per heavy atom. The van der Waals surface area contributed by atoms with Gasteiger partial charge >= 0.3 is 0 Å². The molecule has 0 unspecified atom stereocenters. The number of hydrogen-bond acceptors (Lipinski definition) is 4. The van der Waals surface area contributed by atoms with Gasteiger partial charge in [0.25, 0.3) is 0 Å². The van der Waals surface area contributed by atoms with Gasteiger partial charge in [-0.2, -0.15) is 0 Å². The minimum atomic E-state index is 0.528. The van der Waals surface area contributed by atoms with E-state index in [-0.39, 0.29) is 0 Å². The van der Waals surface area contributed by atoms with E-state index in [0.29, 0.717) is 5.49 Å². The van der Waals surface area contributed by atoms with Gasteiger partial charge < -0.3 is 13.7 Å². The van der Waals surface area contributed by atoms with E-state index in [1.54, 1.807) is 24.9 Å². The molecule has 0 saturated heterocycles. The van der Waals surface area contributed by atoms with Crippen molar-refractivity contribution in [3.8, 4) is 0 Å². The molecule has 0 spiro atoms. The number of nitrogens with one attached hydrogen (secondary N) is 1. The third kappa shape index (κ3) is 3.28. The van der Waals surface area contributed by atoms with Crippen LogP contribution in [-0.2, 0) is 19.6 Å². The number of aromatic nitrogens is 6. The predicted octanol–water partition coefficient (Wildman–Crippen LogP) is 2.66. The Morgan fingerprint density at radius 1 is 1.00 bits per heavy atom. The Kier molecular flexibility index (Phi) is 4.58. The van der Waals surface area contributed by atoms with E-state index in [1.165, 1.54) is 5.56 Å². The second-order valence-electron chi connectivity index (χ2n) is 6.79. The van der Waals surface area contributed by atoms with Crippen LogP contribution in [0.15, 0.2) is 49.6 Å². The van der Waals surface area contributed by atoms with Crippen molar-refractivity contribution < 1.29 is 0 Å². The smallest absolute Gasteiger partial charge is 0.146 e. The lowest BCUT2D eigenvalue weighted by Crippen LogP contribution is -2.22. The molecule has 27 heavy (non-hydrogen) atoms. The van der Waals surface area contributed by atoms with Crippen molar-refractivity contribution in [2.45, 2.75) is 39.9 Å². The molecule has 0 amide bonds. The lowest BCUT2D eigenvalue weighted by Gasteiger charge is -2.10. The monoisotopic (exact) mass is 361 g/mol. The summed E-state index contributed by atoms with van der Waals surface area (Å²) in [7, 11) is 0. The van der Waals surface area contributed by atoms with Gasteiger partial charge in [-0.1, -0.05) is 0 Å². The van der Waals surface area contributed by atoms with E-state index in [0.717, 1.165) is 48.3 Å². The molecule has 7 heteroatoms. The maximum atomic E-state index is 8.70. The highest BCUT2D eigenvalue weighted by atomic mass is 15.1. The van der Waals surface area contributed by atoms with Crippen LogP contribution in [-0.4, -0.2) is 28.7 Å². The van der Waals surface area contributed by atoms with Crippen LogP contribution in [0, 0.1) is 19.3 Å². The molecule has 0 aromatic carbocycles. The molecule has 0 radical (unpaired) electrons. The second-order valence-corrected chi connectivity index (χ2v) is 6.79. The first kappa shape index (κ1) is 17.2. The van der Waals surface area contributed by atoms with E-state index < -0.39 is 0 Å². The molecule has 0 atom stereocenters. The zero-order valence-electron chi connectivity index (χ0n) is 15.6. The van der Waals surface area contributed by atoms with Gasteiger partial charge in [0.05, 0.1) is 18.0 Å². The normalized spacial score (nSPS) is 11.3. The summed E-state index contributed by atoms with van der Waals surface area (Å²) in [5.41, 5.74) is 4.85. The lowest BCUT2D eigenvalue weighted by atomic mass is 10.2. The molecular formula is C20H23N7. The zero-order chi connectivity index (χ0) is 18.8. The average molecular weight is 361 g/mol. The fourth-order valence-electron chi connectivity index (χ4n) is 3.46. The average Bonchev–Trinajstić information content (AvgIpc) is 3.28. The molecule has 0 saturated carbocycles. The first-order valence-electron chi connectivity index (χ1n) is 9.09. The summed E-state index contributed by atoms with van der Waals surface area (Å²) in [5.74, 6) is 0. The Labute approximate surface area is 157 Å². The van der Waals surface area contributed by atoms with Crippen molar-refractivity contribution in [3.05, 3.63) is 71.9 Å². The van der Waals surface area contributed by atoms with Crippen molar-refractivity contribution in [2.75, 3.05) is 0 Å². The maximum absolute atomic E-state index is 8.70. The Balaban J connectivity index is 1.64. The number of nitrogens with zero attached hydrogens (tertiary/aromatic N) is 6. The van der Waals surface area contributed by atoms with Gasteiger partial charge in [-0.15, -0.1) is 0 Å². The van der Waals surface area contributed by atoms with E-state index in [1.807, 2.05) is 29.2 Å². The van der Waals surface area contributed by atoms with Gasteiger partial charge in [0, 0.05) is 50.1 Å². The number of imidazole rings is 1. The molecule has 0 bridgehead atoms. The summed E-state index contributed by atoms with van der Waals surface area (Å²) in [4.78, 5) is 12.9. The maximum Gasteiger partial charge on any atom is 0.146 e. The Morgan fingerprint density at radius 2 is 1.81 bits per heavy atom. The number of fused-ring (bicyclic) bond motifs is 1. The second kappa shape index (κ2) is 7.19. The Hall–Kier alpha value is -3.22. The summed E-state index contributed by atoms with van der Waals surface area (Å²) in [5, 5.41) is 9.64. The van der Waals surface area contributed by atoms with Crippen LogP contribution in [0.4, 0.5) is 0 Å². The number of hydrogen-bond donors (Lipinski definition) is 1. The van der Waals surface area contributed by atoms with E-state index in [2.05, 4.69) is 32.9 Å². The van der Waals surface area contributed by atoms with Crippen LogP contribution in [0.25, 0.3) is 11.0 Å². The first-order chi connectivity index (χ1) is 13.1. The fraction of sp³-hybridized carbons (Fsp3) is 0.300. The van der Waals surface area contributed by atoms with Crippen LogP contribution in [0.2, 0.25) is 0 Å². The largest absolute Gasteiger partial charge is 0.337 e. The van der Waals surface area contributed by atoms with Crippen molar-refractivity contribution in [3.63, 3.8) is 0 Å². The summed E-state index contributed by atoms with van der Waals surface area (Å²) in [6.07, 6.45) is 11.9. The number of aryl methyl sites for hydroxylation is 3. The highest BCUT2D eigenvalue weighted by Crippen LogP contribution is 2.21. The summed E-state index contributed by atoms with van der Waals surface area (Å²) >= 11 is 0. The van der Waals surface area contributed by atoms with Gasteiger partial charge in [0.1, 0.15) is 11.1 Å². The molecule has 7 nitrogen and oxygen atoms in total. The number of rotatable bonds is 6. The topological polar surface area (TPSA) is 77.3 Å². The van der Waals surface area contributed by atoms with Crippen molar-refractivity contribution in [1.82, 2.24) is 28.7 Å². The minimum absolute atomic E-state index is 0.528. The quantitative estimate of drug-likeness (QED) is 0.573. The van der Waals surface area contributed by atoms with Gasteiger partial charge in [-0.25, -0.2) is 9.97 Å². The van der Waals surface area contributed by atoms with Gasteiger partial charge in [0.2, 0.25) is 0 Å². The van der Waals surface area contributed by atoms with E-state index >= 15 is 0 Å². The fourth-order valence-corrected chi connectivity index (χ4v) is 3.46. The van der Waals surface area contributed by atoms with Crippen LogP contribution in [0.3, 0.4) is 0 Å². The van der Waals surface area contributed by atoms with Gasteiger partial charge in [-0.3, -0.25) is 10.4 Å². The summed E-state index contributed by atoms with van der Waals surface area (Å²) in [6.45, 7) is 6.55. The van der Waals surface area contributed by atoms with Crippen LogP contribution < -0.4 is 5.49 Å². The predicted molar refractivity (Wildman–Crippen MR) is 103 cm³/mol. The molecule has 4 aromatic heterocycles. The Bertz CT molecular complexity index is 1100. The van der Waals surface area contributed by atoms with Crippen LogP contribution in [0.5, 0.6) is 0 Å². The van der Waals surface area contributed by atoms with Crippen LogP contribution >= 0.6 is 0 Å². The molecule has 138 valence electrons. The lowest BCUT2D eigenvalue weighted by molar-refractivity contribution is 0.543. The zero-order valence-corrected chi connectivity index (χ0v) is 15.6. The molecule has 0 fully saturated rings. The molecule has 0 aliphatic heterocycles. The molecular weight excluding hydrogens is 338 g/mol. The summed E-state index contributed by atoms with van der Waals surface area (Å²) < 4.78 is 6.17. The van der Waals surface area contributed by atoms with E-state index in [4.69, 9.17) is 10.4 Å². The SMILES string of the molecule is Cc1c(C)n(Cc2ccncc2)c2ncn(CCCn3ccnc3)c(=N)c12. The highest BCUT2D eigenvalue weighted by molar-refractivity contribution is 5.80. The third-order valence-electron chi connectivity index (χ3n) is 5.11. The van der Waals surface area contributed by atoms with Crippen molar-refractivity contribution in [1.29, 1.82) is 5.41 Å². The first-order valence-corrected chi connectivity index (χ1v) is 9.09. The van der Waals surface area contributed by atoms with Crippen LogP contribution in [0.1, 0.15) is 23.2 Å². The van der Waals surface area contributed by atoms with Crippen molar-refractivity contribution >= 4 is 11.0 Å². The molecule has 1 N–H and O–H groups in total. The van der Waals surface area contributed by atoms with Gasteiger partial charge in [-0.05, 0) is 43.5 Å². The molecule has 4 heterocycles. The van der Waals surface area contributed by atoms with Crippen molar-refractivity contribution in [2.24, 2.45) is 0 Å². The van der Waals surface area contributed by atoms with Gasteiger partial charge in [0.15, 0.2) is 0 Å². The molecule has 4 aromatic rings. The third-order valence-corrected chi connectivity index (χ3v) is 5.11. The molecule has 0 aliphatic rings.